The lowest BCUT2D eigenvalue weighted by molar-refractivity contribution is 0.936. The molecule has 5 aromatic carbocycles. The quantitative estimate of drug-likeness (QED) is 0.230. The second-order valence-electron chi connectivity index (χ2n) is 9.99. The maximum atomic E-state index is 5.12. The lowest BCUT2D eigenvalue weighted by Crippen LogP contribution is -2.02. The van der Waals surface area contributed by atoms with Crippen LogP contribution in [0.4, 0.5) is 0 Å². The summed E-state index contributed by atoms with van der Waals surface area (Å²) in [6.45, 7) is 0. The Balaban J connectivity index is 1.40. The molecule has 0 aliphatic heterocycles. The van der Waals surface area contributed by atoms with Crippen molar-refractivity contribution >= 4 is 6.08 Å². The summed E-state index contributed by atoms with van der Waals surface area (Å²) in [7, 11) is 0. The summed E-state index contributed by atoms with van der Waals surface area (Å²) in [5.74, 6) is 0.993. The Morgan fingerprint density at radius 1 is 0.487 bits per heavy atom. The molecule has 2 heteroatoms. The fourth-order valence-electron chi connectivity index (χ4n) is 5.50. The SMILES string of the molecule is C1=Cc2c(nc(-c3ccccc3)n2-c2cccc(-c3cc(-c4ccccc4)cc(-c4ccccc4)c3)c2)CC1. The van der Waals surface area contributed by atoms with Gasteiger partial charge in [-0.05, 0) is 82.6 Å². The van der Waals surface area contributed by atoms with E-state index in [1.165, 1.54) is 44.8 Å². The predicted octanol–water partition coefficient (Wildman–Crippen LogP) is 9.50. The van der Waals surface area contributed by atoms with Crippen LogP contribution in [0.25, 0.3) is 56.5 Å². The number of aromatic nitrogens is 2. The number of allylic oxidation sites excluding steroid dienone is 1. The van der Waals surface area contributed by atoms with Crippen molar-refractivity contribution in [3.05, 3.63) is 151 Å². The van der Waals surface area contributed by atoms with Gasteiger partial charge < -0.3 is 0 Å². The molecule has 0 N–H and O–H groups in total. The van der Waals surface area contributed by atoms with Crippen LogP contribution in [0.3, 0.4) is 0 Å². The first-order valence-electron chi connectivity index (χ1n) is 13.5. The second kappa shape index (κ2) is 10.1. The number of nitrogens with zero attached hydrogens (tertiary/aromatic N) is 2. The number of imidazole rings is 1. The maximum Gasteiger partial charge on any atom is 0.145 e. The largest absolute Gasteiger partial charge is 0.293 e. The highest BCUT2D eigenvalue weighted by Crippen LogP contribution is 2.35. The van der Waals surface area contributed by atoms with E-state index in [2.05, 4.69) is 150 Å². The Bertz CT molecular complexity index is 1720. The average Bonchev–Trinajstić information content (AvgIpc) is 3.42. The molecule has 186 valence electrons. The van der Waals surface area contributed by atoms with E-state index in [0.29, 0.717) is 0 Å². The minimum atomic E-state index is 0.970. The molecule has 1 aliphatic rings. The van der Waals surface area contributed by atoms with Crippen molar-refractivity contribution in [2.45, 2.75) is 12.8 Å². The van der Waals surface area contributed by atoms with Crippen LogP contribution >= 0.6 is 0 Å². The number of hydrogen-bond acceptors (Lipinski definition) is 1. The maximum absolute atomic E-state index is 5.12. The molecule has 0 unspecified atom stereocenters. The number of rotatable bonds is 5. The summed E-state index contributed by atoms with van der Waals surface area (Å²) in [6.07, 6.45) is 6.49. The van der Waals surface area contributed by atoms with Crippen molar-refractivity contribution in [2.75, 3.05) is 0 Å². The summed E-state index contributed by atoms with van der Waals surface area (Å²) < 4.78 is 2.32. The smallest absolute Gasteiger partial charge is 0.145 e. The molecule has 6 aromatic rings. The third-order valence-corrected chi connectivity index (χ3v) is 7.43. The van der Waals surface area contributed by atoms with Gasteiger partial charge in [-0.25, -0.2) is 4.98 Å². The Labute approximate surface area is 229 Å². The summed E-state index contributed by atoms with van der Waals surface area (Å²) in [5.41, 5.74) is 11.8. The van der Waals surface area contributed by atoms with Crippen molar-refractivity contribution in [2.24, 2.45) is 0 Å². The first-order chi connectivity index (χ1) is 19.3. The predicted molar refractivity (Wildman–Crippen MR) is 163 cm³/mol. The Morgan fingerprint density at radius 3 is 1.64 bits per heavy atom. The van der Waals surface area contributed by atoms with E-state index in [-0.39, 0.29) is 0 Å². The molecular weight excluding hydrogens is 472 g/mol. The van der Waals surface area contributed by atoms with Gasteiger partial charge in [0.25, 0.3) is 0 Å². The molecular formula is C37H28N2. The number of fused-ring (bicyclic) bond motifs is 1. The third-order valence-electron chi connectivity index (χ3n) is 7.43. The fourth-order valence-corrected chi connectivity index (χ4v) is 5.50. The van der Waals surface area contributed by atoms with E-state index in [4.69, 9.17) is 4.98 Å². The summed E-state index contributed by atoms with van der Waals surface area (Å²) in [4.78, 5) is 5.12. The van der Waals surface area contributed by atoms with Crippen LogP contribution < -0.4 is 0 Å². The van der Waals surface area contributed by atoms with Crippen molar-refractivity contribution in [3.8, 4) is 50.5 Å². The minimum Gasteiger partial charge on any atom is -0.293 e. The van der Waals surface area contributed by atoms with Gasteiger partial charge in [-0.15, -0.1) is 0 Å². The van der Waals surface area contributed by atoms with E-state index in [1.54, 1.807) is 0 Å². The molecule has 39 heavy (non-hydrogen) atoms. The Hall–Kier alpha value is -4.95. The molecule has 0 saturated carbocycles. The van der Waals surface area contributed by atoms with Gasteiger partial charge in [-0.3, -0.25) is 4.57 Å². The Morgan fingerprint density at radius 2 is 1.03 bits per heavy atom. The fraction of sp³-hybridized carbons (Fsp3) is 0.0541. The van der Waals surface area contributed by atoms with Crippen LogP contribution in [-0.2, 0) is 6.42 Å². The molecule has 0 saturated heterocycles. The van der Waals surface area contributed by atoms with Crippen LogP contribution in [0.15, 0.2) is 140 Å². The van der Waals surface area contributed by atoms with Crippen molar-refractivity contribution in [1.82, 2.24) is 9.55 Å². The van der Waals surface area contributed by atoms with Crippen LogP contribution in [0.5, 0.6) is 0 Å². The van der Waals surface area contributed by atoms with Gasteiger partial charge >= 0.3 is 0 Å². The molecule has 0 amide bonds. The molecule has 0 bridgehead atoms. The van der Waals surface area contributed by atoms with Crippen LogP contribution in [-0.4, -0.2) is 9.55 Å². The molecule has 0 spiro atoms. The molecule has 1 heterocycles. The summed E-state index contributed by atoms with van der Waals surface area (Å²) in [5, 5.41) is 0. The van der Waals surface area contributed by atoms with Crippen molar-refractivity contribution in [1.29, 1.82) is 0 Å². The molecule has 1 aromatic heterocycles. The molecule has 2 nitrogen and oxygen atoms in total. The average molecular weight is 501 g/mol. The van der Waals surface area contributed by atoms with Gasteiger partial charge in [-0.2, -0.15) is 0 Å². The van der Waals surface area contributed by atoms with E-state index >= 15 is 0 Å². The second-order valence-corrected chi connectivity index (χ2v) is 9.99. The molecule has 7 rings (SSSR count). The van der Waals surface area contributed by atoms with Crippen LogP contribution in [0, 0.1) is 0 Å². The zero-order chi connectivity index (χ0) is 26.0. The molecule has 0 radical (unpaired) electrons. The third kappa shape index (κ3) is 4.51. The zero-order valence-corrected chi connectivity index (χ0v) is 21.7. The van der Waals surface area contributed by atoms with Crippen molar-refractivity contribution in [3.63, 3.8) is 0 Å². The highest BCUT2D eigenvalue weighted by atomic mass is 15.1. The molecule has 0 atom stereocenters. The molecule has 0 fully saturated rings. The highest BCUT2D eigenvalue weighted by Gasteiger charge is 2.20. The normalized spacial score (nSPS) is 12.3. The van der Waals surface area contributed by atoms with E-state index in [0.717, 1.165) is 29.9 Å². The Kier molecular flexibility index (Phi) is 5.99. The van der Waals surface area contributed by atoms with Gasteiger partial charge in [-0.1, -0.05) is 109 Å². The van der Waals surface area contributed by atoms with Gasteiger partial charge in [0, 0.05) is 11.3 Å². The standard InChI is InChI=1S/C37H28N2/c1-4-13-27(14-5-1)31-23-32(28-15-6-2-7-16-28)25-33(24-31)30-19-12-20-34(26-30)39-36-22-11-10-21-35(36)38-37(39)29-17-8-3-9-18-29/h1-9,11-20,22-26H,10,21H2. The number of benzene rings is 5. The van der Waals surface area contributed by atoms with E-state index in [1.807, 2.05) is 0 Å². The first-order valence-corrected chi connectivity index (χ1v) is 13.5. The molecule has 1 aliphatic carbocycles. The van der Waals surface area contributed by atoms with Gasteiger partial charge in [0.15, 0.2) is 0 Å². The lowest BCUT2D eigenvalue weighted by atomic mass is 9.93. The van der Waals surface area contributed by atoms with E-state index < -0.39 is 0 Å². The van der Waals surface area contributed by atoms with Crippen molar-refractivity contribution < 1.29 is 0 Å². The van der Waals surface area contributed by atoms with Gasteiger partial charge in [0.2, 0.25) is 0 Å². The monoisotopic (exact) mass is 500 g/mol. The summed E-state index contributed by atoms with van der Waals surface area (Å²) in [6, 6.07) is 47.6. The van der Waals surface area contributed by atoms with Gasteiger partial charge in [0.05, 0.1) is 11.4 Å². The number of aryl methyl sites for hydroxylation is 1. The minimum absolute atomic E-state index is 0.970. The first kappa shape index (κ1) is 23.2. The number of hydrogen-bond donors (Lipinski definition) is 0. The van der Waals surface area contributed by atoms with E-state index in [9.17, 15) is 0 Å². The lowest BCUT2D eigenvalue weighted by Gasteiger charge is -2.15. The topological polar surface area (TPSA) is 17.8 Å². The van der Waals surface area contributed by atoms with Crippen LogP contribution in [0.1, 0.15) is 17.8 Å². The van der Waals surface area contributed by atoms with Gasteiger partial charge in [0.1, 0.15) is 5.82 Å². The van der Waals surface area contributed by atoms with Crippen LogP contribution in [0.2, 0.25) is 0 Å². The zero-order valence-electron chi connectivity index (χ0n) is 21.7. The summed E-state index contributed by atoms with van der Waals surface area (Å²) >= 11 is 0. The highest BCUT2D eigenvalue weighted by molar-refractivity contribution is 5.82.